The first-order valence-corrected chi connectivity index (χ1v) is 7.53. The van der Waals surface area contributed by atoms with Crippen LogP contribution in [0.5, 0.6) is 0 Å². The number of nitrogens with zero attached hydrogens (tertiary/aromatic N) is 3. The number of nitrogens with one attached hydrogen (secondary N) is 1. The number of carbonyl (C=O) groups excluding carboxylic acids is 2. The zero-order valence-electron chi connectivity index (χ0n) is 13.2. The first-order chi connectivity index (χ1) is 11.1. The maximum atomic E-state index is 12.4. The fourth-order valence-corrected chi connectivity index (χ4v) is 2.80. The highest BCUT2D eigenvalue weighted by Crippen LogP contribution is 2.31. The van der Waals surface area contributed by atoms with Crippen LogP contribution in [0.3, 0.4) is 0 Å². The van der Waals surface area contributed by atoms with Gasteiger partial charge in [-0.1, -0.05) is 0 Å². The summed E-state index contributed by atoms with van der Waals surface area (Å²) in [5.74, 6) is -1.11. The molecule has 0 saturated carbocycles. The molecule has 3 rings (SSSR count). The van der Waals surface area contributed by atoms with Gasteiger partial charge in [-0.05, 0) is 19.2 Å². The van der Waals surface area contributed by atoms with Gasteiger partial charge in [0.1, 0.15) is 11.8 Å². The van der Waals surface area contributed by atoms with Crippen molar-refractivity contribution in [2.45, 2.75) is 6.04 Å². The molecule has 0 spiro atoms. The Bertz CT molecular complexity index is 605. The number of piperazine rings is 1. The van der Waals surface area contributed by atoms with E-state index in [0.29, 0.717) is 11.7 Å². The van der Waals surface area contributed by atoms with E-state index in [0.717, 1.165) is 26.2 Å². The van der Waals surface area contributed by atoms with E-state index in [9.17, 15) is 9.59 Å². The predicted molar refractivity (Wildman–Crippen MR) is 81.6 cm³/mol. The molecule has 3 heterocycles. The quantitative estimate of drug-likeness (QED) is 0.602. The summed E-state index contributed by atoms with van der Waals surface area (Å²) in [4.78, 5) is 33.2. The number of guanidine groups is 1. The van der Waals surface area contributed by atoms with Gasteiger partial charge in [-0.15, -0.1) is 0 Å². The molecule has 8 heteroatoms. The van der Waals surface area contributed by atoms with Crippen LogP contribution in [-0.4, -0.2) is 68.0 Å². The fourth-order valence-electron chi connectivity index (χ4n) is 2.80. The third kappa shape index (κ3) is 3.07. The van der Waals surface area contributed by atoms with Crippen LogP contribution >= 0.6 is 0 Å². The van der Waals surface area contributed by atoms with Crippen molar-refractivity contribution in [3.05, 3.63) is 24.2 Å². The van der Waals surface area contributed by atoms with Crippen molar-refractivity contribution < 1.29 is 18.7 Å². The Kier molecular flexibility index (Phi) is 4.33. The normalized spacial score (nSPS) is 25.7. The first kappa shape index (κ1) is 15.5. The second-order valence-electron chi connectivity index (χ2n) is 5.69. The lowest BCUT2D eigenvalue weighted by Gasteiger charge is -2.37. The Morgan fingerprint density at radius 1 is 1.39 bits per heavy atom. The highest BCUT2D eigenvalue weighted by molar-refractivity contribution is 6.08. The number of ether oxygens (including phenoxy) is 1. The number of hydrogen-bond acceptors (Lipinski definition) is 7. The molecule has 0 radical (unpaired) electrons. The van der Waals surface area contributed by atoms with Crippen LogP contribution in [0.2, 0.25) is 0 Å². The van der Waals surface area contributed by atoms with Crippen molar-refractivity contribution >= 4 is 17.8 Å². The first-order valence-electron chi connectivity index (χ1n) is 7.53. The second kappa shape index (κ2) is 6.41. The predicted octanol–water partition coefficient (Wildman–Crippen LogP) is -0.157. The molecule has 1 N–H and O–H groups in total. The topological polar surface area (TPSA) is 87.4 Å². The zero-order valence-corrected chi connectivity index (χ0v) is 13.2. The van der Waals surface area contributed by atoms with Crippen molar-refractivity contribution in [3.63, 3.8) is 0 Å². The van der Waals surface area contributed by atoms with E-state index in [-0.39, 0.29) is 0 Å². The van der Waals surface area contributed by atoms with E-state index < -0.39 is 23.8 Å². The average Bonchev–Trinajstić information content (AvgIpc) is 3.08. The standard InChI is InChI=1S/C15H20N4O4/c1-18-5-7-19(8-6-18)15-16-12(10-4-3-9-23-10)11(13(20)17-15)14(21)22-2/h3-4,9,11-12H,5-8H2,1-2H3,(H,16,17,20)/t11-,12-/m1/s1. The van der Waals surface area contributed by atoms with Crippen molar-refractivity contribution in [2.75, 3.05) is 40.3 Å². The number of carbonyl (C=O) groups is 2. The Balaban J connectivity index is 1.90. The number of likely N-dealkylation sites (N-methyl/N-ethyl adjacent to an activating group) is 1. The Morgan fingerprint density at radius 3 is 2.74 bits per heavy atom. The molecule has 2 aliphatic heterocycles. The van der Waals surface area contributed by atoms with Gasteiger partial charge in [0.2, 0.25) is 11.9 Å². The summed E-state index contributed by atoms with van der Waals surface area (Å²) in [6.07, 6.45) is 1.50. The molecule has 2 aliphatic rings. The molecule has 0 unspecified atom stereocenters. The summed E-state index contributed by atoms with van der Waals surface area (Å²) in [5, 5.41) is 2.73. The summed E-state index contributed by atoms with van der Waals surface area (Å²) >= 11 is 0. The molecule has 2 atom stereocenters. The van der Waals surface area contributed by atoms with E-state index in [1.807, 2.05) is 4.90 Å². The lowest BCUT2D eigenvalue weighted by atomic mass is 9.95. The number of amides is 1. The number of hydrogen-bond donors (Lipinski definition) is 1. The summed E-state index contributed by atoms with van der Waals surface area (Å²) in [6.45, 7) is 3.31. The minimum absolute atomic E-state index is 0.415. The molecule has 0 aliphatic carbocycles. The zero-order chi connectivity index (χ0) is 16.4. The van der Waals surface area contributed by atoms with Crippen LogP contribution in [-0.2, 0) is 14.3 Å². The highest BCUT2D eigenvalue weighted by atomic mass is 16.5. The monoisotopic (exact) mass is 320 g/mol. The largest absolute Gasteiger partial charge is 0.468 e. The van der Waals surface area contributed by atoms with Gasteiger partial charge in [-0.25, -0.2) is 4.99 Å². The van der Waals surface area contributed by atoms with E-state index in [1.165, 1.54) is 13.4 Å². The van der Waals surface area contributed by atoms with Crippen molar-refractivity contribution in [1.82, 2.24) is 15.1 Å². The second-order valence-corrected chi connectivity index (χ2v) is 5.69. The summed E-state index contributed by atoms with van der Waals surface area (Å²) in [7, 11) is 3.31. The fraction of sp³-hybridized carbons (Fsp3) is 0.533. The minimum atomic E-state index is -1.04. The Hall–Kier alpha value is -2.35. The van der Waals surface area contributed by atoms with E-state index in [2.05, 4.69) is 22.3 Å². The minimum Gasteiger partial charge on any atom is -0.468 e. The molecule has 124 valence electrons. The van der Waals surface area contributed by atoms with Gasteiger partial charge >= 0.3 is 5.97 Å². The van der Waals surface area contributed by atoms with Gasteiger partial charge in [0, 0.05) is 26.2 Å². The van der Waals surface area contributed by atoms with Crippen LogP contribution < -0.4 is 5.32 Å². The molecule has 0 bridgehead atoms. The van der Waals surface area contributed by atoms with Crippen LogP contribution in [0.25, 0.3) is 0 Å². The Labute approximate surface area is 134 Å². The summed E-state index contributed by atoms with van der Waals surface area (Å²) < 4.78 is 10.1. The van der Waals surface area contributed by atoms with Gasteiger partial charge in [-0.3, -0.25) is 14.9 Å². The molecule has 8 nitrogen and oxygen atoms in total. The van der Waals surface area contributed by atoms with E-state index >= 15 is 0 Å². The number of methoxy groups -OCH3 is 1. The Morgan fingerprint density at radius 2 is 2.13 bits per heavy atom. The molecule has 1 fully saturated rings. The number of rotatable bonds is 2. The number of aliphatic imine (C=N–C) groups is 1. The van der Waals surface area contributed by atoms with Gasteiger partial charge in [-0.2, -0.15) is 0 Å². The molecule has 1 saturated heterocycles. The lowest BCUT2D eigenvalue weighted by Crippen LogP contribution is -2.56. The molecular formula is C15H20N4O4. The van der Waals surface area contributed by atoms with E-state index in [1.54, 1.807) is 12.1 Å². The van der Waals surface area contributed by atoms with Crippen molar-refractivity contribution in [1.29, 1.82) is 0 Å². The SMILES string of the molecule is COC(=O)[C@H]1C(=O)NC(N2CCN(C)CC2)=N[C@@H]1c1ccco1. The van der Waals surface area contributed by atoms with Gasteiger partial charge in [0.25, 0.3) is 0 Å². The number of furan rings is 1. The molecular weight excluding hydrogens is 300 g/mol. The third-order valence-corrected chi connectivity index (χ3v) is 4.19. The average molecular weight is 320 g/mol. The van der Waals surface area contributed by atoms with Crippen LogP contribution in [0.4, 0.5) is 0 Å². The summed E-state index contributed by atoms with van der Waals surface area (Å²) in [6, 6.07) is 2.71. The van der Waals surface area contributed by atoms with Crippen LogP contribution in [0.1, 0.15) is 11.8 Å². The number of esters is 1. The smallest absolute Gasteiger partial charge is 0.320 e. The van der Waals surface area contributed by atoms with Gasteiger partial charge in [0.15, 0.2) is 5.92 Å². The molecule has 1 amide bonds. The van der Waals surface area contributed by atoms with Crippen molar-refractivity contribution in [3.8, 4) is 0 Å². The molecule has 1 aromatic heterocycles. The molecule has 1 aromatic rings. The molecule has 0 aromatic carbocycles. The van der Waals surface area contributed by atoms with Gasteiger partial charge in [0.05, 0.1) is 13.4 Å². The summed E-state index contributed by atoms with van der Waals surface area (Å²) in [5.41, 5.74) is 0. The van der Waals surface area contributed by atoms with Gasteiger partial charge < -0.3 is 19.0 Å². The highest BCUT2D eigenvalue weighted by Gasteiger charge is 2.43. The third-order valence-electron chi connectivity index (χ3n) is 4.19. The maximum Gasteiger partial charge on any atom is 0.320 e. The van der Waals surface area contributed by atoms with Crippen LogP contribution in [0.15, 0.2) is 27.8 Å². The molecule has 23 heavy (non-hydrogen) atoms. The lowest BCUT2D eigenvalue weighted by molar-refractivity contribution is -0.151. The van der Waals surface area contributed by atoms with E-state index in [4.69, 9.17) is 9.15 Å². The maximum absolute atomic E-state index is 12.4. The van der Waals surface area contributed by atoms with Crippen molar-refractivity contribution in [2.24, 2.45) is 10.9 Å². The van der Waals surface area contributed by atoms with Crippen LogP contribution in [0, 0.1) is 5.92 Å².